The number of aliphatic hydroxyl groups is 1. The summed E-state index contributed by atoms with van der Waals surface area (Å²) in [6, 6.07) is 10.6. The predicted octanol–water partition coefficient (Wildman–Crippen LogP) is 4.20. The van der Waals surface area contributed by atoms with Crippen LogP contribution in [0, 0.1) is 11.3 Å². The molecule has 1 saturated carbocycles. The quantitative estimate of drug-likeness (QED) is 0.844. The molecular formula is C17H26O. The van der Waals surface area contributed by atoms with Crippen molar-refractivity contribution in [1.29, 1.82) is 0 Å². The normalized spacial score (nSPS) is 30.6. The maximum Gasteiger partial charge on any atom is 0.0678 e. The first-order valence-corrected chi connectivity index (χ1v) is 7.18. The molecule has 0 heterocycles. The topological polar surface area (TPSA) is 20.2 Å². The molecule has 2 rings (SSSR count). The van der Waals surface area contributed by atoms with Crippen molar-refractivity contribution in [1.82, 2.24) is 0 Å². The van der Waals surface area contributed by atoms with E-state index >= 15 is 0 Å². The van der Waals surface area contributed by atoms with Gasteiger partial charge < -0.3 is 5.11 Å². The third kappa shape index (κ3) is 3.14. The van der Waals surface area contributed by atoms with Crippen LogP contribution in [0.15, 0.2) is 30.3 Å². The fraction of sp³-hybridized carbons (Fsp3) is 0.647. The molecule has 18 heavy (non-hydrogen) atoms. The van der Waals surface area contributed by atoms with Crippen LogP contribution in [-0.2, 0) is 6.42 Å². The van der Waals surface area contributed by atoms with Gasteiger partial charge in [-0.2, -0.15) is 0 Å². The van der Waals surface area contributed by atoms with E-state index < -0.39 is 5.60 Å². The molecule has 100 valence electrons. The Hall–Kier alpha value is -0.820. The minimum absolute atomic E-state index is 0.306. The highest BCUT2D eigenvalue weighted by Gasteiger charge is 2.46. The third-order valence-corrected chi connectivity index (χ3v) is 4.48. The number of benzene rings is 1. The van der Waals surface area contributed by atoms with E-state index in [1.54, 1.807) is 0 Å². The maximum atomic E-state index is 10.8. The molecule has 2 atom stereocenters. The summed E-state index contributed by atoms with van der Waals surface area (Å²) in [7, 11) is 0. The first kappa shape index (κ1) is 13.6. The van der Waals surface area contributed by atoms with Crippen molar-refractivity contribution in [3.63, 3.8) is 0 Å². The fourth-order valence-corrected chi connectivity index (χ4v) is 3.67. The molecule has 1 heteroatoms. The SMILES string of the molecule is CC1CC(C)(C)CC1(O)CCCc1ccccc1. The van der Waals surface area contributed by atoms with Crippen LogP contribution in [0.4, 0.5) is 0 Å². The van der Waals surface area contributed by atoms with Crippen LogP contribution >= 0.6 is 0 Å². The molecular weight excluding hydrogens is 220 g/mol. The summed E-state index contributed by atoms with van der Waals surface area (Å²) in [5, 5.41) is 10.8. The van der Waals surface area contributed by atoms with Gasteiger partial charge in [0.15, 0.2) is 0 Å². The van der Waals surface area contributed by atoms with Gasteiger partial charge in [-0.3, -0.25) is 0 Å². The lowest BCUT2D eigenvalue weighted by molar-refractivity contribution is -0.00562. The third-order valence-electron chi connectivity index (χ3n) is 4.48. The summed E-state index contributed by atoms with van der Waals surface area (Å²) in [5.74, 6) is 0.434. The zero-order chi connectivity index (χ0) is 13.2. The van der Waals surface area contributed by atoms with Crippen molar-refractivity contribution in [3.8, 4) is 0 Å². The van der Waals surface area contributed by atoms with Crippen LogP contribution < -0.4 is 0 Å². The molecule has 0 radical (unpaired) electrons. The second-order valence-corrected chi connectivity index (χ2v) is 6.89. The minimum atomic E-state index is -0.432. The van der Waals surface area contributed by atoms with Crippen molar-refractivity contribution in [2.75, 3.05) is 0 Å². The number of aryl methyl sites for hydroxylation is 1. The van der Waals surface area contributed by atoms with E-state index in [1.807, 2.05) is 0 Å². The standard InChI is InChI=1S/C17H26O/c1-14-12-16(2,3)13-17(14,18)11-7-10-15-8-5-4-6-9-15/h4-6,8-9,14,18H,7,10-13H2,1-3H3. The zero-order valence-electron chi connectivity index (χ0n) is 11.9. The predicted molar refractivity (Wildman–Crippen MR) is 76.5 cm³/mol. The average Bonchev–Trinajstić information content (AvgIpc) is 2.49. The molecule has 0 amide bonds. The molecule has 0 saturated heterocycles. The van der Waals surface area contributed by atoms with Gasteiger partial charge in [-0.25, -0.2) is 0 Å². The van der Waals surface area contributed by atoms with Crippen molar-refractivity contribution in [3.05, 3.63) is 35.9 Å². The Balaban J connectivity index is 1.87. The van der Waals surface area contributed by atoms with Gasteiger partial charge in [0.25, 0.3) is 0 Å². The van der Waals surface area contributed by atoms with Gasteiger partial charge in [-0.15, -0.1) is 0 Å². The van der Waals surface area contributed by atoms with E-state index in [0.717, 1.165) is 32.1 Å². The molecule has 1 aromatic carbocycles. The first-order valence-electron chi connectivity index (χ1n) is 7.18. The van der Waals surface area contributed by atoms with Crippen molar-refractivity contribution < 1.29 is 5.11 Å². The Morgan fingerprint density at radius 1 is 1.22 bits per heavy atom. The molecule has 1 aliphatic rings. The lowest BCUT2D eigenvalue weighted by Gasteiger charge is -2.28. The lowest BCUT2D eigenvalue weighted by Crippen LogP contribution is -2.32. The molecule has 2 unspecified atom stereocenters. The average molecular weight is 246 g/mol. The zero-order valence-corrected chi connectivity index (χ0v) is 11.9. The smallest absolute Gasteiger partial charge is 0.0678 e. The molecule has 1 nitrogen and oxygen atoms in total. The largest absolute Gasteiger partial charge is 0.390 e. The Labute approximate surface area is 111 Å². The fourth-order valence-electron chi connectivity index (χ4n) is 3.67. The summed E-state index contributed by atoms with van der Waals surface area (Å²) in [4.78, 5) is 0. The summed E-state index contributed by atoms with van der Waals surface area (Å²) < 4.78 is 0. The number of hydrogen-bond donors (Lipinski definition) is 1. The Bertz CT molecular complexity index is 382. The summed E-state index contributed by atoms with van der Waals surface area (Å²) in [6.07, 6.45) is 5.20. The van der Waals surface area contributed by atoms with E-state index in [0.29, 0.717) is 11.3 Å². The Morgan fingerprint density at radius 2 is 1.89 bits per heavy atom. The molecule has 1 fully saturated rings. The molecule has 0 bridgehead atoms. The van der Waals surface area contributed by atoms with Gasteiger partial charge in [0.05, 0.1) is 5.60 Å². The van der Waals surface area contributed by atoms with E-state index in [1.165, 1.54) is 5.56 Å². The van der Waals surface area contributed by atoms with Gasteiger partial charge in [-0.1, -0.05) is 51.1 Å². The first-order chi connectivity index (χ1) is 8.41. The molecule has 0 spiro atoms. The highest BCUT2D eigenvalue weighted by molar-refractivity contribution is 5.14. The van der Waals surface area contributed by atoms with Gasteiger partial charge in [0.1, 0.15) is 0 Å². The van der Waals surface area contributed by atoms with Crippen LogP contribution in [0.1, 0.15) is 52.0 Å². The summed E-state index contributed by atoms with van der Waals surface area (Å²) in [5.41, 5.74) is 1.25. The summed E-state index contributed by atoms with van der Waals surface area (Å²) in [6.45, 7) is 6.76. The van der Waals surface area contributed by atoms with Crippen LogP contribution in [0.25, 0.3) is 0 Å². The van der Waals surface area contributed by atoms with Gasteiger partial charge in [0.2, 0.25) is 0 Å². The lowest BCUT2D eigenvalue weighted by atomic mass is 9.85. The highest BCUT2D eigenvalue weighted by atomic mass is 16.3. The maximum absolute atomic E-state index is 10.8. The highest BCUT2D eigenvalue weighted by Crippen LogP contribution is 2.49. The monoisotopic (exact) mass is 246 g/mol. The Morgan fingerprint density at radius 3 is 2.44 bits per heavy atom. The van der Waals surface area contributed by atoms with Crippen molar-refractivity contribution in [2.24, 2.45) is 11.3 Å². The van der Waals surface area contributed by atoms with Crippen molar-refractivity contribution >= 4 is 0 Å². The molecule has 1 N–H and O–H groups in total. The molecule has 1 aromatic rings. The number of hydrogen-bond acceptors (Lipinski definition) is 1. The second kappa shape index (κ2) is 5.05. The van der Waals surface area contributed by atoms with Crippen LogP contribution in [0.3, 0.4) is 0 Å². The van der Waals surface area contributed by atoms with Crippen LogP contribution in [-0.4, -0.2) is 10.7 Å². The van der Waals surface area contributed by atoms with E-state index in [9.17, 15) is 5.11 Å². The van der Waals surface area contributed by atoms with E-state index in [-0.39, 0.29) is 0 Å². The Kier molecular flexibility index (Phi) is 3.82. The van der Waals surface area contributed by atoms with Crippen LogP contribution in [0.5, 0.6) is 0 Å². The van der Waals surface area contributed by atoms with E-state index in [2.05, 4.69) is 51.1 Å². The number of rotatable bonds is 4. The van der Waals surface area contributed by atoms with Crippen molar-refractivity contribution in [2.45, 2.75) is 58.5 Å². The minimum Gasteiger partial charge on any atom is -0.390 e. The van der Waals surface area contributed by atoms with Gasteiger partial charge in [-0.05, 0) is 49.0 Å². The van der Waals surface area contributed by atoms with Gasteiger partial charge in [0, 0.05) is 0 Å². The summed E-state index contributed by atoms with van der Waals surface area (Å²) >= 11 is 0. The van der Waals surface area contributed by atoms with E-state index in [4.69, 9.17) is 0 Å². The molecule has 0 aliphatic heterocycles. The second-order valence-electron chi connectivity index (χ2n) is 6.89. The molecule has 0 aromatic heterocycles. The van der Waals surface area contributed by atoms with Crippen LogP contribution in [0.2, 0.25) is 0 Å². The van der Waals surface area contributed by atoms with Gasteiger partial charge >= 0.3 is 0 Å². The molecule has 1 aliphatic carbocycles.